The summed E-state index contributed by atoms with van der Waals surface area (Å²) in [6, 6.07) is 10.9. The van der Waals surface area contributed by atoms with E-state index in [1.807, 2.05) is 12.1 Å². The maximum absolute atomic E-state index is 12.8. The monoisotopic (exact) mass is 330 g/mol. The van der Waals surface area contributed by atoms with E-state index in [0.29, 0.717) is 12.1 Å². The van der Waals surface area contributed by atoms with Crippen molar-refractivity contribution in [1.29, 1.82) is 0 Å². The molecule has 24 heavy (non-hydrogen) atoms. The van der Waals surface area contributed by atoms with Gasteiger partial charge in [0.15, 0.2) is 0 Å². The molecule has 0 saturated heterocycles. The molecule has 2 aromatic rings. The van der Waals surface area contributed by atoms with E-state index in [9.17, 15) is 8.78 Å². The Bertz CT molecular complexity index is 653. The van der Waals surface area contributed by atoms with Crippen LogP contribution in [0.3, 0.4) is 0 Å². The van der Waals surface area contributed by atoms with Crippen molar-refractivity contribution in [2.24, 2.45) is 0 Å². The zero-order valence-electron chi connectivity index (χ0n) is 14.2. The van der Waals surface area contributed by atoms with Crippen LogP contribution < -0.4 is 10.6 Å². The van der Waals surface area contributed by atoms with E-state index < -0.39 is 0 Å². The average Bonchev–Trinajstić information content (AvgIpc) is 2.56. The maximum Gasteiger partial charge on any atom is 0.123 e. The summed E-state index contributed by atoms with van der Waals surface area (Å²) in [6.45, 7) is 4.29. The number of hydrogen-bond acceptors (Lipinski definition) is 2. The first kappa shape index (κ1) is 16.7. The Morgan fingerprint density at radius 1 is 0.750 bits per heavy atom. The molecule has 4 rings (SSSR count). The third kappa shape index (κ3) is 4.05. The zero-order valence-corrected chi connectivity index (χ0v) is 14.2. The summed E-state index contributed by atoms with van der Waals surface area (Å²) in [4.78, 5) is 0. The van der Waals surface area contributed by atoms with Gasteiger partial charge in [-0.05, 0) is 87.1 Å². The smallest absolute Gasteiger partial charge is 0.123 e. The minimum atomic E-state index is -0.134. The largest absolute Gasteiger partial charge is 0.382 e. The summed E-state index contributed by atoms with van der Waals surface area (Å²) in [5.74, 6) is -0.268. The molecule has 0 aliphatic carbocycles. The van der Waals surface area contributed by atoms with Gasteiger partial charge >= 0.3 is 0 Å². The number of hydrogen-bond donors (Lipinski definition) is 2. The lowest BCUT2D eigenvalue weighted by Gasteiger charge is -2.23. The second-order valence-electron chi connectivity index (χ2n) is 6.77. The quantitative estimate of drug-likeness (QED) is 0.698. The highest BCUT2D eigenvalue weighted by Gasteiger charge is 2.14. The number of halogens is 2. The van der Waals surface area contributed by atoms with E-state index in [0.717, 1.165) is 48.2 Å². The summed E-state index contributed by atoms with van der Waals surface area (Å²) < 4.78 is 25.5. The van der Waals surface area contributed by atoms with Gasteiger partial charge in [-0.3, -0.25) is 0 Å². The summed E-state index contributed by atoms with van der Waals surface area (Å²) in [7, 11) is 0. The number of anilines is 2. The first-order chi connectivity index (χ1) is 11.5. The van der Waals surface area contributed by atoms with Crippen molar-refractivity contribution in [1.82, 2.24) is 0 Å². The minimum absolute atomic E-state index is 0.134. The van der Waals surface area contributed by atoms with Crippen LogP contribution in [0.1, 0.15) is 37.8 Å². The molecule has 0 saturated carbocycles. The van der Waals surface area contributed by atoms with Gasteiger partial charge in [-0.2, -0.15) is 0 Å². The second kappa shape index (κ2) is 7.20. The normalized spacial score (nSPS) is 21.3. The molecule has 128 valence electrons. The van der Waals surface area contributed by atoms with Gasteiger partial charge in [0.1, 0.15) is 11.6 Å². The van der Waals surface area contributed by atoms with Gasteiger partial charge in [0, 0.05) is 23.5 Å². The van der Waals surface area contributed by atoms with Gasteiger partial charge in [0.05, 0.1) is 0 Å². The fourth-order valence-electron chi connectivity index (χ4n) is 3.24. The predicted octanol–water partition coefficient (Wildman–Crippen LogP) is 5.14. The average molecular weight is 330 g/mol. The fourth-order valence-corrected chi connectivity index (χ4v) is 3.24. The van der Waals surface area contributed by atoms with Crippen molar-refractivity contribution in [3.05, 3.63) is 59.2 Å². The molecule has 0 fully saturated rings. The minimum Gasteiger partial charge on any atom is -0.382 e. The molecule has 0 amide bonds. The molecular formula is C20H24F2N2. The van der Waals surface area contributed by atoms with E-state index in [2.05, 4.69) is 24.5 Å². The Hall–Kier alpha value is -2.10. The SMILES string of the molecule is CC1CCc2cc(F)ccc2N1.CC1CCc2cc(F)ccc2N1. The first-order valence-corrected chi connectivity index (χ1v) is 8.61. The number of aryl methyl sites for hydroxylation is 2. The molecule has 0 aromatic heterocycles. The molecule has 2 nitrogen and oxygen atoms in total. The van der Waals surface area contributed by atoms with Crippen LogP contribution in [0.15, 0.2) is 36.4 Å². The van der Waals surface area contributed by atoms with Crippen molar-refractivity contribution >= 4 is 11.4 Å². The molecule has 2 heterocycles. The van der Waals surface area contributed by atoms with Crippen LogP contribution >= 0.6 is 0 Å². The second-order valence-corrected chi connectivity index (χ2v) is 6.77. The van der Waals surface area contributed by atoms with E-state index in [4.69, 9.17) is 0 Å². The Labute approximate surface area is 142 Å². The van der Waals surface area contributed by atoms with Crippen molar-refractivity contribution in [3.8, 4) is 0 Å². The highest BCUT2D eigenvalue weighted by Crippen LogP contribution is 2.25. The molecular weight excluding hydrogens is 306 g/mol. The van der Waals surface area contributed by atoms with E-state index in [1.54, 1.807) is 12.1 Å². The molecule has 2 aliphatic heterocycles. The molecule has 2 N–H and O–H groups in total. The molecule has 0 spiro atoms. The van der Waals surface area contributed by atoms with Crippen molar-refractivity contribution in [3.63, 3.8) is 0 Å². The number of rotatable bonds is 0. The van der Waals surface area contributed by atoms with Crippen LogP contribution in [0, 0.1) is 11.6 Å². The zero-order chi connectivity index (χ0) is 17.1. The van der Waals surface area contributed by atoms with Crippen LogP contribution in [0.25, 0.3) is 0 Å². The number of fused-ring (bicyclic) bond motifs is 2. The lowest BCUT2D eigenvalue weighted by atomic mass is 9.99. The van der Waals surface area contributed by atoms with E-state index in [1.165, 1.54) is 12.1 Å². The Kier molecular flexibility index (Phi) is 5.03. The van der Waals surface area contributed by atoms with Gasteiger partial charge in [-0.1, -0.05) is 0 Å². The van der Waals surface area contributed by atoms with Crippen molar-refractivity contribution in [2.75, 3.05) is 10.6 Å². The van der Waals surface area contributed by atoms with Gasteiger partial charge < -0.3 is 10.6 Å². The fraction of sp³-hybridized carbons (Fsp3) is 0.400. The lowest BCUT2D eigenvalue weighted by Crippen LogP contribution is -2.21. The van der Waals surface area contributed by atoms with Crippen LogP contribution in [-0.2, 0) is 12.8 Å². The van der Waals surface area contributed by atoms with Crippen molar-refractivity contribution < 1.29 is 8.78 Å². The molecule has 2 unspecified atom stereocenters. The number of benzene rings is 2. The first-order valence-electron chi connectivity index (χ1n) is 8.61. The summed E-state index contributed by atoms with van der Waals surface area (Å²) in [6.07, 6.45) is 4.16. The van der Waals surface area contributed by atoms with Crippen LogP contribution in [0.2, 0.25) is 0 Å². The highest BCUT2D eigenvalue weighted by molar-refractivity contribution is 5.54. The molecule has 0 radical (unpaired) electrons. The predicted molar refractivity (Wildman–Crippen MR) is 95.6 cm³/mol. The Balaban J connectivity index is 0.000000141. The van der Waals surface area contributed by atoms with E-state index >= 15 is 0 Å². The molecule has 2 aliphatic rings. The molecule has 2 atom stereocenters. The lowest BCUT2D eigenvalue weighted by molar-refractivity contribution is 0.617. The summed E-state index contributed by atoms with van der Waals surface area (Å²) in [5, 5.41) is 6.64. The Morgan fingerprint density at radius 2 is 1.17 bits per heavy atom. The molecule has 2 aromatic carbocycles. The Morgan fingerprint density at radius 3 is 1.58 bits per heavy atom. The van der Waals surface area contributed by atoms with Crippen LogP contribution in [-0.4, -0.2) is 12.1 Å². The van der Waals surface area contributed by atoms with Gasteiger partial charge in [-0.15, -0.1) is 0 Å². The molecule has 0 bridgehead atoms. The number of nitrogens with one attached hydrogen (secondary N) is 2. The molecule has 4 heteroatoms. The van der Waals surface area contributed by atoms with Gasteiger partial charge in [-0.25, -0.2) is 8.78 Å². The maximum atomic E-state index is 12.8. The van der Waals surface area contributed by atoms with Crippen LogP contribution in [0.4, 0.5) is 20.2 Å². The summed E-state index contributed by atoms with van der Waals surface area (Å²) >= 11 is 0. The highest BCUT2D eigenvalue weighted by atomic mass is 19.1. The summed E-state index contributed by atoms with van der Waals surface area (Å²) in [5.41, 5.74) is 4.39. The topological polar surface area (TPSA) is 24.1 Å². The third-order valence-electron chi connectivity index (χ3n) is 4.63. The standard InChI is InChI=1S/2C10H12FN/c2*1-7-2-3-8-6-9(11)4-5-10(8)12-7/h2*4-7,12H,2-3H2,1H3. The van der Waals surface area contributed by atoms with Crippen LogP contribution in [0.5, 0.6) is 0 Å². The van der Waals surface area contributed by atoms with Gasteiger partial charge in [0.25, 0.3) is 0 Å². The van der Waals surface area contributed by atoms with E-state index in [-0.39, 0.29) is 11.6 Å². The van der Waals surface area contributed by atoms with Crippen molar-refractivity contribution in [2.45, 2.75) is 51.6 Å². The third-order valence-corrected chi connectivity index (χ3v) is 4.63. The van der Waals surface area contributed by atoms with Gasteiger partial charge in [0.2, 0.25) is 0 Å².